The molecule has 2 saturated heterocycles. The molecule has 146 valence electrons. The number of ether oxygens (including phenoxy) is 1. The molecule has 2 fully saturated rings. The standard InChI is InChI=1S/C23H26N2O3/c1-2-28-23(27)20-13-19-16-24(14-17-9-5-3-6-10-17)22(26)21(19)25(20)15-18-11-7-4-8-12-18/h3-12,19-21H,2,13-16H2,1H3/t19-,20-,21-/m0/s1. The van der Waals surface area contributed by atoms with Crippen molar-refractivity contribution in [1.29, 1.82) is 0 Å². The Morgan fingerprint density at radius 2 is 1.61 bits per heavy atom. The summed E-state index contributed by atoms with van der Waals surface area (Å²) in [5, 5.41) is 0. The largest absolute Gasteiger partial charge is 0.465 e. The molecule has 28 heavy (non-hydrogen) atoms. The third-order valence-corrected chi connectivity index (χ3v) is 5.73. The first kappa shape index (κ1) is 18.7. The summed E-state index contributed by atoms with van der Waals surface area (Å²) in [5.41, 5.74) is 2.24. The Morgan fingerprint density at radius 1 is 1.00 bits per heavy atom. The van der Waals surface area contributed by atoms with E-state index in [0.717, 1.165) is 11.1 Å². The minimum Gasteiger partial charge on any atom is -0.465 e. The normalized spacial score (nSPS) is 24.4. The van der Waals surface area contributed by atoms with Gasteiger partial charge in [-0.25, -0.2) is 0 Å². The molecule has 0 saturated carbocycles. The molecular formula is C23H26N2O3. The molecule has 2 aromatic carbocycles. The fourth-order valence-electron chi connectivity index (χ4n) is 4.51. The number of rotatable bonds is 6. The number of carbonyl (C=O) groups excluding carboxylic acids is 2. The molecule has 0 radical (unpaired) electrons. The van der Waals surface area contributed by atoms with E-state index in [1.807, 2.05) is 72.5 Å². The molecule has 2 aromatic rings. The number of carbonyl (C=O) groups is 2. The van der Waals surface area contributed by atoms with E-state index in [9.17, 15) is 9.59 Å². The van der Waals surface area contributed by atoms with Crippen LogP contribution in [-0.4, -0.2) is 46.9 Å². The van der Waals surface area contributed by atoms with Gasteiger partial charge in [0.15, 0.2) is 0 Å². The average Bonchev–Trinajstić information content (AvgIpc) is 3.21. The van der Waals surface area contributed by atoms with E-state index in [1.54, 1.807) is 0 Å². The van der Waals surface area contributed by atoms with Gasteiger partial charge in [-0.2, -0.15) is 0 Å². The highest BCUT2D eigenvalue weighted by Crippen LogP contribution is 2.38. The van der Waals surface area contributed by atoms with Crippen LogP contribution in [0.4, 0.5) is 0 Å². The summed E-state index contributed by atoms with van der Waals surface area (Å²) >= 11 is 0. The van der Waals surface area contributed by atoms with Crippen LogP contribution in [0, 0.1) is 5.92 Å². The number of esters is 1. The van der Waals surface area contributed by atoms with Gasteiger partial charge in [-0.05, 0) is 24.5 Å². The molecule has 3 atom stereocenters. The zero-order chi connectivity index (χ0) is 19.5. The number of likely N-dealkylation sites (tertiary alicyclic amines) is 2. The van der Waals surface area contributed by atoms with Gasteiger partial charge in [-0.15, -0.1) is 0 Å². The number of hydrogen-bond donors (Lipinski definition) is 0. The maximum absolute atomic E-state index is 13.3. The van der Waals surface area contributed by atoms with Gasteiger partial charge >= 0.3 is 5.97 Å². The summed E-state index contributed by atoms with van der Waals surface area (Å²) in [5.74, 6) is 0.0705. The van der Waals surface area contributed by atoms with Crippen molar-refractivity contribution in [3.05, 3.63) is 71.8 Å². The average molecular weight is 378 g/mol. The maximum Gasteiger partial charge on any atom is 0.323 e. The van der Waals surface area contributed by atoms with E-state index < -0.39 is 0 Å². The number of nitrogens with zero attached hydrogens (tertiary/aromatic N) is 2. The Hall–Kier alpha value is -2.66. The smallest absolute Gasteiger partial charge is 0.323 e. The van der Waals surface area contributed by atoms with Crippen LogP contribution in [0.2, 0.25) is 0 Å². The molecule has 2 aliphatic heterocycles. The molecule has 0 spiro atoms. The minimum atomic E-state index is -0.349. The maximum atomic E-state index is 13.3. The molecule has 0 aliphatic carbocycles. The van der Waals surface area contributed by atoms with Crippen molar-refractivity contribution in [2.45, 2.75) is 38.5 Å². The van der Waals surface area contributed by atoms with Gasteiger partial charge in [0.1, 0.15) is 6.04 Å². The van der Waals surface area contributed by atoms with Crippen LogP contribution in [0.15, 0.2) is 60.7 Å². The summed E-state index contributed by atoms with van der Waals surface area (Å²) < 4.78 is 5.31. The van der Waals surface area contributed by atoms with Gasteiger partial charge in [0.2, 0.25) is 5.91 Å². The minimum absolute atomic E-state index is 0.122. The van der Waals surface area contributed by atoms with Crippen molar-refractivity contribution < 1.29 is 14.3 Å². The fourth-order valence-corrected chi connectivity index (χ4v) is 4.51. The van der Waals surface area contributed by atoms with Crippen LogP contribution >= 0.6 is 0 Å². The van der Waals surface area contributed by atoms with E-state index in [0.29, 0.717) is 32.7 Å². The number of benzene rings is 2. The number of fused-ring (bicyclic) bond motifs is 1. The molecule has 1 amide bonds. The zero-order valence-corrected chi connectivity index (χ0v) is 16.2. The molecule has 2 heterocycles. The summed E-state index contributed by atoms with van der Waals surface area (Å²) in [7, 11) is 0. The van der Waals surface area contributed by atoms with Crippen LogP contribution < -0.4 is 0 Å². The highest BCUT2D eigenvalue weighted by Gasteiger charge is 2.53. The lowest BCUT2D eigenvalue weighted by Gasteiger charge is -2.28. The molecule has 0 aromatic heterocycles. The summed E-state index contributed by atoms with van der Waals surface area (Å²) in [6.07, 6.45) is 0.674. The van der Waals surface area contributed by atoms with Gasteiger partial charge in [-0.3, -0.25) is 14.5 Å². The second-order valence-corrected chi connectivity index (χ2v) is 7.57. The molecule has 0 N–H and O–H groups in total. The third-order valence-electron chi connectivity index (χ3n) is 5.73. The summed E-state index contributed by atoms with van der Waals surface area (Å²) in [4.78, 5) is 29.8. The first-order valence-corrected chi connectivity index (χ1v) is 9.96. The van der Waals surface area contributed by atoms with E-state index in [-0.39, 0.29) is 29.9 Å². The predicted octanol–water partition coefficient (Wildman–Crippen LogP) is 2.85. The van der Waals surface area contributed by atoms with E-state index in [1.165, 1.54) is 0 Å². The second-order valence-electron chi connectivity index (χ2n) is 7.57. The van der Waals surface area contributed by atoms with Gasteiger partial charge < -0.3 is 9.64 Å². The van der Waals surface area contributed by atoms with Crippen molar-refractivity contribution in [3.8, 4) is 0 Å². The first-order chi connectivity index (χ1) is 13.7. The van der Waals surface area contributed by atoms with Crippen LogP contribution in [0.1, 0.15) is 24.5 Å². The SMILES string of the molecule is CCOC(=O)[C@@H]1C[C@H]2CN(Cc3ccccc3)C(=O)[C@H]2N1Cc1ccccc1. The quantitative estimate of drug-likeness (QED) is 0.726. The van der Waals surface area contributed by atoms with Crippen molar-refractivity contribution in [1.82, 2.24) is 9.80 Å². The molecule has 2 aliphatic rings. The van der Waals surface area contributed by atoms with Gasteiger partial charge in [0, 0.05) is 25.6 Å². The van der Waals surface area contributed by atoms with E-state index in [4.69, 9.17) is 4.74 Å². The van der Waals surface area contributed by atoms with Crippen molar-refractivity contribution in [3.63, 3.8) is 0 Å². The van der Waals surface area contributed by atoms with Crippen LogP contribution in [0.25, 0.3) is 0 Å². The van der Waals surface area contributed by atoms with Crippen LogP contribution in [0.5, 0.6) is 0 Å². The molecular weight excluding hydrogens is 352 g/mol. The molecule has 0 bridgehead atoms. The van der Waals surface area contributed by atoms with Crippen LogP contribution in [-0.2, 0) is 27.4 Å². The fraction of sp³-hybridized carbons (Fsp3) is 0.391. The third kappa shape index (κ3) is 3.67. The summed E-state index contributed by atoms with van der Waals surface area (Å²) in [6.45, 7) is 4.08. The van der Waals surface area contributed by atoms with Gasteiger partial charge in [-0.1, -0.05) is 60.7 Å². The number of hydrogen-bond acceptors (Lipinski definition) is 4. The predicted molar refractivity (Wildman–Crippen MR) is 106 cm³/mol. The Labute approximate surface area is 165 Å². The molecule has 4 rings (SSSR count). The Bertz CT molecular complexity index is 824. The van der Waals surface area contributed by atoms with E-state index in [2.05, 4.69) is 4.90 Å². The van der Waals surface area contributed by atoms with E-state index >= 15 is 0 Å². The second kappa shape index (κ2) is 8.15. The van der Waals surface area contributed by atoms with Crippen LogP contribution in [0.3, 0.4) is 0 Å². The van der Waals surface area contributed by atoms with Crippen molar-refractivity contribution >= 4 is 11.9 Å². The highest BCUT2D eigenvalue weighted by molar-refractivity contribution is 5.87. The first-order valence-electron chi connectivity index (χ1n) is 9.96. The summed E-state index contributed by atoms with van der Waals surface area (Å²) in [6, 6.07) is 19.5. The van der Waals surface area contributed by atoms with Gasteiger partial charge in [0.05, 0.1) is 12.6 Å². The lowest BCUT2D eigenvalue weighted by molar-refractivity contribution is -0.150. The van der Waals surface area contributed by atoms with Gasteiger partial charge in [0.25, 0.3) is 0 Å². The highest BCUT2D eigenvalue weighted by atomic mass is 16.5. The Balaban J connectivity index is 1.55. The molecule has 5 heteroatoms. The molecule has 5 nitrogen and oxygen atoms in total. The zero-order valence-electron chi connectivity index (χ0n) is 16.2. The Morgan fingerprint density at radius 3 is 2.21 bits per heavy atom. The topological polar surface area (TPSA) is 49.9 Å². The monoisotopic (exact) mass is 378 g/mol. The number of amides is 1. The lowest BCUT2D eigenvalue weighted by atomic mass is 10.0. The van der Waals surface area contributed by atoms with Crippen molar-refractivity contribution in [2.24, 2.45) is 5.92 Å². The van der Waals surface area contributed by atoms with Crippen molar-refractivity contribution in [2.75, 3.05) is 13.2 Å². The lowest BCUT2D eigenvalue weighted by Crippen LogP contribution is -2.46. The molecule has 0 unspecified atom stereocenters. The Kier molecular flexibility index (Phi) is 5.44.